The lowest BCUT2D eigenvalue weighted by Crippen LogP contribution is -2.40. The smallest absolute Gasteiger partial charge is 0.265 e. The van der Waals surface area contributed by atoms with Gasteiger partial charge in [-0.15, -0.1) is 0 Å². The van der Waals surface area contributed by atoms with Gasteiger partial charge in [0.05, 0.1) is 31.5 Å². The number of ether oxygens (including phenoxy) is 3. The summed E-state index contributed by atoms with van der Waals surface area (Å²) in [4.78, 5) is 34.5. The zero-order chi connectivity index (χ0) is 37.1. The molecule has 1 fully saturated rings. The number of nitrogens with zero attached hydrogens (tertiary/aromatic N) is 5. The van der Waals surface area contributed by atoms with Crippen molar-refractivity contribution in [3.8, 4) is 34.4 Å². The van der Waals surface area contributed by atoms with E-state index >= 15 is 0 Å². The van der Waals surface area contributed by atoms with E-state index in [0.29, 0.717) is 29.8 Å². The van der Waals surface area contributed by atoms with E-state index in [1.54, 1.807) is 48.9 Å². The third kappa shape index (κ3) is 7.50. The molecule has 2 aromatic heterocycles. The maximum atomic E-state index is 13.5. The van der Waals surface area contributed by atoms with Crippen molar-refractivity contribution in [3.05, 3.63) is 109 Å². The summed E-state index contributed by atoms with van der Waals surface area (Å²) in [5, 5.41) is 9.86. The van der Waals surface area contributed by atoms with Crippen LogP contribution in [0.2, 0.25) is 0 Å². The van der Waals surface area contributed by atoms with Crippen molar-refractivity contribution in [2.75, 3.05) is 33.9 Å². The highest BCUT2D eigenvalue weighted by atomic mass is 79.9. The molecule has 2 aromatic carbocycles. The topological polar surface area (TPSA) is 110 Å². The zero-order valence-electron chi connectivity index (χ0n) is 30.5. The number of aromatic nitrogens is 2. The average molecular weight is 767 g/mol. The zero-order valence-corrected chi connectivity index (χ0v) is 32.1. The number of likely N-dealkylation sites (tertiary alicyclic amines) is 1. The number of carbonyl (C=O) groups excluding carboxylic acids is 1. The molecule has 10 nitrogen and oxygen atoms in total. The number of amides is 1. The van der Waals surface area contributed by atoms with Gasteiger partial charge in [-0.25, -0.2) is 4.98 Å². The number of hydrogen-bond acceptors (Lipinski definition) is 8. The number of pyridine rings is 2. The number of piperidine rings is 1. The Bertz CT molecular complexity index is 2100. The minimum absolute atomic E-state index is 0.00100. The first kappa shape index (κ1) is 36.9. The molecule has 11 heteroatoms. The van der Waals surface area contributed by atoms with Crippen molar-refractivity contribution in [2.45, 2.75) is 58.7 Å². The predicted molar refractivity (Wildman–Crippen MR) is 204 cm³/mol. The molecule has 0 aliphatic carbocycles. The van der Waals surface area contributed by atoms with Gasteiger partial charge in [0, 0.05) is 56.1 Å². The number of rotatable bonds is 9. The van der Waals surface area contributed by atoms with Gasteiger partial charge >= 0.3 is 0 Å². The van der Waals surface area contributed by atoms with Gasteiger partial charge in [-0.2, -0.15) is 5.26 Å². The van der Waals surface area contributed by atoms with Gasteiger partial charge in [0.1, 0.15) is 39.6 Å². The van der Waals surface area contributed by atoms with Gasteiger partial charge in [-0.1, -0.05) is 18.2 Å². The maximum absolute atomic E-state index is 13.5. The minimum Gasteiger partial charge on any atom is -0.496 e. The molecule has 1 unspecified atom stereocenters. The molecule has 1 atom stereocenters. The number of fused-ring (bicyclic) bond motifs is 1. The second kappa shape index (κ2) is 15.8. The van der Waals surface area contributed by atoms with Crippen LogP contribution < -0.4 is 19.8 Å². The van der Waals surface area contributed by atoms with E-state index in [1.807, 2.05) is 63.4 Å². The highest BCUT2D eigenvalue weighted by Gasteiger charge is 2.32. The first-order valence-electron chi connectivity index (χ1n) is 17.5. The van der Waals surface area contributed by atoms with Crippen LogP contribution in [0.25, 0.3) is 17.2 Å². The Kier molecular flexibility index (Phi) is 11.2. The number of methoxy groups -OCH3 is 2. The maximum Gasteiger partial charge on any atom is 0.265 e. The molecule has 4 heterocycles. The van der Waals surface area contributed by atoms with Crippen LogP contribution in [0.3, 0.4) is 0 Å². The van der Waals surface area contributed by atoms with E-state index in [1.165, 1.54) is 0 Å². The molecule has 1 saturated heterocycles. The summed E-state index contributed by atoms with van der Waals surface area (Å²) in [6.45, 7) is 8.69. The summed E-state index contributed by atoms with van der Waals surface area (Å²) in [5.41, 5.74) is 7.32. The number of nitriles is 1. The van der Waals surface area contributed by atoms with Crippen molar-refractivity contribution in [2.24, 2.45) is 7.05 Å². The molecule has 0 spiro atoms. The van der Waals surface area contributed by atoms with Gasteiger partial charge in [0.2, 0.25) is 0 Å². The molecular weight excluding hydrogens is 722 g/mol. The fourth-order valence-corrected chi connectivity index (χ4v) is 7.68. The standard InChI is InChI=1S/C41H44BrN5O5/c1-25-26(2)40(48)45(4)23-34(25)28-20-37(50-5)35(38(21-28)51-6)24-46-16-13-31(14-17-46)52-36-11-8-10-32-27(3)47(18-15-33(32)36)41(49)29(22-43)19-30-9-7-12-39(42)44-30/h7-12,19-21,23,27,31H,13-18,24H2,1-6H3. The Hall–Kier alpha value is -4.92. The summed E-state index contributed by atoms with van der Waals surface area (Å²) in [5.74, 6) is 2.06. The monoisotopic (exact) mass is 765 g/mol. The van der Waals surface area contributed by atoms with Crippen molar-refractivity contribution < 1.29 is 19.0 Å². The van der Waals surface area contributed by atoms with E-state index in [4.69, 9.17) is 14.2 Å². The molecular formula is C41H44BrN5O5. The van der Waals surface area contributed by atoms with Crippen molar-refractivity contribution in [1.82, 2.24) is 19.4 Å². The molecule has 1 amide bonds. The lowest BCUT2D eigenvalue weighted by molar-refractivity contribution is -0.129. The number of benzene rings is 2. The fraction of sp³-hybridized carbons (Fsp3) is 0.366. The first-order valence-corrected chi connectivity index (χ1v) is 18.3. The van der Waals surface area contributed by atoms with E-state index < -0.39 is 0 Å². The third-order valence-electron chi connectivity index (χ3n) is 10.4. The Labute approximate surface area is 313 Å². The molecule has 4 aromatic rings. The summed E-state index contributed by atoms with van der Waals surface area (Å²) >= 11 is 3.35. The molecule has 270 valence electrons. The van der Waals surface area contributed by atoms with E-state index in [0.717, 1.165) is 82.1 Å². The molecule has 0 bridgehead atoms. The SMILES string of the molecule is COc1cc(-c2cn(C)c(=O)c(C)c2C)cc(OC)c1CN1CCC(Oc2cccc3c2CCN(C(=O)C(C#N)=Cc2cccc(Br)n2)C3C)CC1. The van der Waals surface area contributed by atoms with Crippen LogP contribution in [-0.4, -0.2) is 65.2 Å². The molecule has 0 N–H and O–H groups in total. The molecule has 2 aliphatic rings. The van der Waals surface area contributed by atoms with Crippen LogP contribution in [0.5, 0.6) is 17.2 Å². The second-order valence-electron chi connectivity index (χ2n) is 13.5. The van der Waals surface area contributed by atoms with Gasteiger partial charge < -0.3 is 23.7 Å². The van der Waals surface area contributed by atoms with Crippen LogP contribution in [0, 0.1) is 25.2 Å². The number of hydrogen-bond donors (Lipinski definition) is 0. The lowest BCUT2D eigenvalue weighted by Gasteiger charge is -2.37. The van der Waals surface area contributed by atoms with E-state index in [9.17, 15) is 14.9 Å². The van der Waals surface area contributed by atoms with Crippen molar-refractivity contribution in [3.63, 3.8) is 0 Å². The fourth-order valence-electron chi connectivity index (χ4n) is 7.32. The number of carbonyl (C=O) groups is 1. The quantitative estimate of drug-likeness (QED) is 0.102. The summed E-state index contributed by atoms with van der Waals surface area (Å²) in [6.07, 6.45) is 5.84. The molecule has 52 heavy (non-hydrogen) atoms. The van der Waals surface area contributed by atoms with Crippen LogP contribution >= 0.6 is 15.9 Å². The van der Waals surface area contributed by atoms with Crippen LogP contribution in [0.1, 0.15) is 59.3 Å². The largest absolute Gasteiger partial charge is 0.496 e. The molecule has 0 radical (unpaired) electrons. The van der Waals surface area contributed by atoms with Crippen molar-refractivity contribution in [1.29, 1.82) is 5.26 Å². The van der Waals surface area contributed by atoms with Gasteiger partial charge in [-0.3, -0.25) is 14.5 Å². The lowest BCUT2D eigenvalue weighted by atomic mass is 9.92. The Morgan fingerprint density at radius 2 is 1.71 bits per heavy atom. The number of aryl methyl sites for hydroxylation is 1. The highest BCUT2D eigenvalue weighted by Crippen LogP contribution is 2.39. The Morgan fingerprint density at radius 3 is 2.37 bits per heavy atom. The normalized spacial score (nSPS) is 16.6. The van der Waals surface area contributed by atoms with E-state index in [-0.39, 0.29) is 29.2 Å². The highest BCUT2D eigenvalue weighted by molar-refractivity contribution is 9.10. The van der Waals surface area contributed by atoms with Crippen molar-refractivity contribution >= 4 is 27.9 Å². The Balaban J connectivity index is 1.12. The number of halogens is 1. The third-order valence-corrected chi connectivity index (χ3v) is 10.8. The Morgan fingerprint density at radius 1 is 1.02 bits per heavy atom. The predicted octanol–water partition coefficient (Wildman–Crippen LogP) is 6.94. The van der Waals surface area contributed by atoms with E-state index in [2.05, 4.69) is 31.9 Å². The molecule has 2 aliphatic heterocycles. The minimum atomic E-state index is -0.304. The van der Waals surface area contributed by atoms with Gasteiger partial charge in [0.15, 0.2) is 0 Å². The molecule has 6 rings (SSSR count). The average Bonchev–Trinajstić information content (AvgIpc) is 3.15. The van der Waals surface area contributed by atoms with Crippen LogP contribution in [-0.2, 0) is 24.8 Å². The summed E-state index contributed by atoms with van der Waals surface area (Å²) in [7, 11) is 5.13. The van der Waals surface area contributed by atoms with Crippen LogP contribution in [0.15, 0.2) is 69.7 Å². The van der Waals surface area contributed by atoms with Gasteiger partial charge in [0.25, 0.3) is 11.5 Å². The first-order chi connectivity index (χ1) is 25.0. The van der Waals surface area contributed by atoms with Gasteiger partial charge in [-0.05, 0) is 109 Å². The van der Waals surface area contributed by atoms with Crippen LogP contribution in [0.4, 0.5) is 0 Å². The summed E-state index contributed by atoms with van der Waals surface area (Å²) < 4.78 is 20.7. The molecule has 0 saturated carbocycles. The summed E-state index contributed by atoms with van der Waals surface area (Å²) in [6, 6.07) is 17.4. The second-order valence-corrected chi connectivity index (χ2v) is 14.3.